The van der Waals surface area contributed by atoms with Crippen LogP contribution in [0, 0.1) is 20.8 Å². The third kappa shape index (κ3) is 3.36. The number of halogens is 1. The molecule has 0 aromatic heterocycles. The second-order valence-electron chi connectivity index (χ2n) is 4.81. The molecule has 2 aromatic rings. The Kier molecular flexibility index (Phi) is 4.07. The van der Waals surface area contributed by atoms with E-state index in [1.165, 1.54) is 27.9 Å². The van der Waals surface area contributed by atoms with Crippen LogP contribution in [-0.4, -0.2) is 0 Å². The quantitative estimate of drug-likeness (QED) is 0.842. The lowest BCUT2D eigenvalue weighted by Gasteiger charge is -2.11. The van der Waals surface area contributed by atoms with Gasteiger partial charge in [0.1, 0.15) is 0 Å². The Morgan fingerprint density at radius 3 is 2.28 bits per heavy atom. The van der Waals surface area contributed by atoms with Crippen molar-refractivity contribution in [2.24, 2.45) is 0 Å². The molecule has 0 bridgehead atoms. The van der Waals surface area contributed by atoms with Gasteiger partial charge in [0.15, 0.2) is 0 Å². The maximum Gasteiger partial charge on any atom is 0.0401 e. The summed E-state index contributed by atoms with van der Waals surface area (Å²) in [6.07, 6.45) is 0. The molecule has 2 rings (SSSR count). The van der Waals surface area contributed by atoms with Gasteiger partial charge in [-0.25, -0.2) is 0 Å². The lowest BCUT2D eigenvalue weighted by atomic mass is 10.1. The first-order valence-corrected chi connectivity index (χ1v) is 6.91. The van der Waals surface area contributed by atoms with Gasteiger partial charge in [-0.2, -0.15) is 0 Å². The summed E-state index contributed by atoms with van der Waals surface area (Å²) >= 11 is 3.51. The minimum atomic E-state index is 0.861. The van der Waals surface area contributed by atoms with Gasteiger partial charge in [-0.3, -0.25) is 0 Å². The van der Waals surface area contributed by atoms with E-state index in [4.69, 9.17) is 0 Å². The molecule has 0 aliphatic rings. The fourth-order valence-corrected chi connectivity index (χ4v) is 2.51. The molecule has 0 atom stereocenters. The predicted octanol–water partition coefficient (Wildman–Crippen LogP) is 4.99. The number of aryl methyl sites for hydroxylation is 3. The summed E-state index contributed by atoms with van der Waals surface area (Å²) in [4.78, 5) is 0. The van der Waals surface area contributed by atoms with Crippen LogP contribution in [0.1, 0.15) is 22.3 Å². The van der Waals surface area contributed by atoms with E-state index < -0.39 is 0 Å². The van der Waals surface area contributed by atoms with Crippen LogP contribution in [0.25, 0.3) is 0 Å². The molecular weight excluding hydrogens is 286 g/mol. The first-order chi connectivity index (χ1) is 8.54. The van der Waals surface area contributed by atoms with Gasteiger partial charge < -0.3 is 5.32 Å². The summed E-state index contributed by atoms with van der Waals surface area (Å²) in [6, 6.07) is 13.0. The molecule has 18 heavy (non-hydrogen) atoms. The molecule has 1 nitrogen and oxygen atoms in total. The van der Waals surface area contributed by atoms with E-state index in [0.717, 1.165) is 11.0 Å². The van der Waals surface area contributed by atoms with Gasteiger partial charge >= 0.3 is 0 Å². The lowest BCUT2D eigenvalue weighted by molar-refractivity contribution is 1.12. The smallest absolute Gasteiger partial charge is 0.0401 e. The van der Waals surface area contributed by atoms with Crippen molar-refractivity contribution in [3.05, 3.63) is 63.1 Å². The maximum absolute atomic E-state index is 3.51. The van der Waals surface area contributed by atoms with E-state index >= 15 is 0 Å². The molecule has 0 aliphatic heterocycles. The van der Waals surface area contributed by atoms with Crippen LogP contribution in [0.3, 0.4) is 0 Å². The summed E-state index contributed by atoms with van der Waals surface area (Å²) in [6.45, 7) is 7.26. The van der Waals surface area contributed by atoms with E-state index in [-0.39, 0.29) is 0 Å². The molecule has 0 heterocycles. The topological polar surface area (TPSA) is 12.0 Å². The largest absolute Gasteiger partial charge is 0.381 e. The van der Waals surface area contributed by atoms with Gasteiger partial charge in [0.2, 0.25) is 0 Å². The highest BCUT2D eigenvalue weighted by Crippen LogP contribution is 2.21. The highest BCUT2D eigenvalue weighted by molar-refractivity contribution is 9.10. The number of anilines is 1. The molecule has 0 radical (unpaired) electrons. The van der Waals surface area contributed by atoms with Crippen molar-refractivity contribution in [3.63, 3.8) is 0 Å². The SMILES string of the molecule is Cc1cc(C)cc(CNc2cc(Br)ccc2C)c1. The van der Waals surface area contributed by atoms with Crippen LogP contribution in [0.2, 0.25) is 0 Å². The van der Waals surface area contributed by atoms with Crippen LogP contribution in [0.4, 0.5) is 5.69 Å². The fourth-order valence-electron chi connectivity index (χ4n) is 2.15. The van der Waals surface area contributed by atoms with E-state index in [1.54, 1.807) is 0 Å². The molecule has 2 heteroatoms. The highest BCUT2D eigenvalue weighted by Gasteiger charge is 2.00. The zero-order chi connectivity index (χ0) is 13.1. The van der Waals surface area contributed by atoms with Gasteiger partial charge in [-0.15, -0.1) is 0 Å². The molecular formula is C16H18BrN. The number of nitrogens with one attached hydrogen (secondary N) is 1. The summed E-state index contributed by atoms with van der Waals surface area (Å²) in [5.41, 5.74) is 6.41. The zero-order valence-corrected chi connectivity index (χ0v) is 12.6. The van der Waals surface area contributed by atoms with Gasteiger partial charge in [-0.1, -0.05) is 51.3 Å². The van der Waals surface area contributed by atoms with Crippen molar-refractivity contribution >= 4 is 21.6 Å². The number of benzene rings is 2. The van der Waals surface area contributed by atoms with Gasteiger partial charge in [0.05, 0.1) is 0 Å². The number of hydrogen-bond acceptors (Lipinski definition) is 1. The van der Waals surface area contributed by atoms with Crippen molar-refractivity contribution in [2.75, 3.05) is 5.32 Å². The van der Waals surface area contributed by atoms with Crippen molar-refractivity contribution in [1.82, 2.24) is 0 Å². The van der Waals surface area contributed by atoms with Crippen molar-refractivity contribution in [1.29, 1.82) is 0 Å². The minimum Gasteiger partial charge on any atom is -0.381 e. The van der Waals surface area contributed by atoms with E-state index in [9.17, 15) is 0 Å². The molecule has 0 saturated heterocycles. The van der Waals surface area contributed by atoms with Crippen LogP contribution in [0.5, 0.6) is 0 Å². The summed E-state index contributed by atoms with van der Waals surface area (Å²) in [7, 11) is 0. The Morgan fingerprint density at radius 1 is 0.944 bits per heavy atom. The first kappa shape index (κ1) is 13.2. The Labute approximate surface area is 117 Å². The minimum absolute atomic E-state index is 0.861. The van der Waals surface area contributed by atoms with Crippen molar-refractivity contribution < 1.29 is 0 Å². The van der Waals surface area contributed by atoms with Gasteiger partial charge in [0.25, 0.3) is 0 Å². The van der Waals surface area contributed by atoms with Crippen LogP contribution >= 0.6 is 15.9 Å². The second kappa shape index (κ2) is 5.57. The zero-order valence-electron chi connectivity index (χ0n) is 11.0. The molecule has 0 amide bonds. The van der Waals surface area contributed by atoms with Crippen LogP contribution in [-0.2, 0) is 6.54 Å². The maximum atomic E-state index is 3.51. The normalized spacial score (nSPS) is 10.4. The van der Waals surface area contributed by atoms with Crippen LogP contribution in [0.15, 0.2) is 40.9 Å². The highest BCUT2D eigenvalue weighted by atomic mass is 79.9. The predicted molar refractivity (Wildman–Crippen MR) is 82.1 cm³/mol. The average molecular weight is 304 g/mol. The van der Waals surface area contributed by atoms with Crippen molar-refractivity contribution in [2.45, 2.75) is 27.3 Å². The van der Waals surface area contributed by atoms with E-state index in [2.05, 4.69) is 78.4 Å². The summed E-state index contributed by atoms with van der Waals surface area (Å²) < 4.78 is 1.11. The summed E-state index contributed by atoms with van der Waals surface area (Å²) in [5.74, 6) is 0. The Morgan fingerprint density at radius 2 is 1.61 bits per heavy atom. The second-order valence-corrected chi connectivity index (χ2v) is 5.72. The average Bonchev–Trinajstić information content (AvgIpc) is 2.29. The lowest BCUT2D eigenvalue weighted by Crippen LogP contribution is -2.01. The molecule has 0 unspecified atom stereocenters. The number of hydrogen-bond donors (Lipinski definition) is 1. The molecule has 94 valence electrons. The molecule has 0 saturated carbocycles. The molecule has 2 aromatic carbocycles. The van der Waals surface area contributed by atoms with Gasteiger partial charge in [-0.05, 0) is 44.0 Å². The Hall–Kier alpha value is -1.28. The monoisotopic (exact) mass is 303 g/mol. The fraction of sp³-hybridized carbons (Fsp3) is 0.250. The van der Waals surface area contributed by atoms with Crippen LogP contribution < -0.4 is 5.32 Å². The van der Waals surface area contributed by atoms with E-state index in [0.29, 0.717) is 0 Å². The Balaban J connectivity index is 2.13. The van der Waals surface area contributed by atoms with Gasteiger partial charge in [0, 0.05) is 16.7 Å². The standard InChI is InChI=1S/C16H18BrN/c1-11-6-12(2)8-14(7-11)10-18-16-9-15(17)5-4-13(16)3/h4-9,18H,10H2,1-3H3. The van der Waals surface area contributed by atoms with E-state index in [1.807, 2.05) is 0 Å². The first-order valence-electron chi connectivity index (χ1n) is 6.12. The van der Waals surface area contributed by atoms with Crippen molar-refractivity contribution in [3.8, 4) is 0 Å². The molecule has 1 N–H and O–H groups in total. The Bertz CT molecular complexity index is 541. The third-order valence-electron chi connectivity index (χ3n) is 2.96. The number of rotatable bonds is 3. The third-order valence-corrected chi connectivity index (χ3v) is 3.46. The summed E-state index contributed by atoms with van der Waals surface area (Å²) in [5, 5.41) is 3.49. The molecule has 0 spiro atoms. The molecule has 0 aliphatic carbocycles. The molecule has 0 fully saturated rings.